The second-order valence-electron chi connectivity index (χ2n) is 3.08. The molecule has 1 aromatic carbocycles. The molecule has 0 N–H and O–H groups in total. The minimum atomic E-state index is 1.00. The summed E-state index contributed by atoms with van der Waals surface area (Å²) in [6.45, 7) is 5.22. The Balaban J connectivity index is 2.79. The van der Waals surface area contributed by atoms with Gasteiger partial charge in [-0.2, -0.15) is 0 Å². The molecule has 0 aliphatic heterocycles. The molecule has 1 nitrogen and oxygen atoms in total. The van der Waals surface area contributed by atoms with E-state index in [4.69, 9.17) is 0 Å². The maximum Gasteiger partial charge on any atom is 0.0393 e. The molecule has 0 fully saturated rings. The Morgan fingerprint density at radius 2 is 2.00 bits per heavy atom. The van der Waals surface area contributed by atoms with Crippen LogP contribution in [0.2, 0.25) is 0 Å². The molecule has 65 valence electrons. The number of benzene rings is 1. The average molecular weight is 162 g/mol. The van der Waals surface area contributed by atoms with Crippen molar-refractivity contribution in [2.24, 2.45) is 0 Å². The summed E-state index contributed by atoms with van der Waals surface area (Å²) in [5, 5.41) is 0. The Kier molecular flexibility index (Phi) is 3.15. The second kappa shape index (κ2) is 4.15. The quantitative estimate of drug-likeness (QED) is 0.660. The molecule has 0 heterocycles. The van der Waals surface area contributed by atoms with Gasteiger partial charge in [-0.15, -0.1) is 0 Å². The lowest BCUT2D eigenvalue weighted by molar-refractivity contribution is 0.971. The maximum absolute atomic E-state index is 2.25. The summed E-state index contributed by atoms with van der Waals surface area (Å²) >= 11 is 0. The molecule has 0 saturated heterocycles. The van der Waals surface area contributed by atoms with E-state index in [1.165, 1.54) is 11.3 Å². The van der Waals surface area contributed by atoms with Gasteiger partial charge in [-0.1, -0.05) is 25.1 Å². The van der Waals surface area contributed by atoms with Gasteiger partial charge in [0.15, 0.2) is 0 Å². The summed E-state index contributed by atoms with van der Waals surface area (Å²) in [6.07, 6.45) is 2.16. The summed E-state index contributed by atoms with van der Waals surface area (Å²) in [6, 6.07) is 8.44. The topological polar surface area (TPSA) is 3.24 Å². The Morgan fingerprint density at radius 1 is 1.33 bits per heavy atom. The van der Waals surface area contributed by atoms with Gasteiger partial charge < -0.3 is 4.90 Å². The van der Waals surface area contributed by atoms with Crippen LogP contribution >= 0.6 is 0 Å². The monoisotopic (exact) mass is 162 g/mol. The molecule has 0 atom stereocenters. The van der Waals surface area contributed by atoms with Gasteiger partial charge in [0.25, 0.3) is 0 Å². The summed E-state index contributed by atoms with van der Waals surface area (Å²) in [5.74, 6) is 0. The van der Waals surface area contributed by atoms with Crippen LogP contribution in [0.25, 0.3) is 0 Å². The van der Waals surface area contributed by atoms with Gasteiger partial charge in [-0.25, -0.2) is 0 Å². The first kappa shape index (κ1) is 9.11. The van der Waals surface area contributed by atoms with Crippen LogP contribution in [0.4, 0.5) is 5.69 Å². The number of anilines is 1. The standard InChI is InChI=1S/C11H16N/c1-4-9-12(3)11-8-6-5-7-10(11)2/h4-8H,9H2,1-3H3. The lowest BCUT2D eigenvalue weighted by Crippen LogP contribution is -2.18. The fraction of sp³-hybridized carbons (Fsp3) is 0.364. The lowest BCUT2D eigenvalue weighted by atomic mass is 10.2. The minimum absolute atomic E-state index is 1.00. The molecule has 1 rings (SSSR count). The van der Waals surface area contributed by atoms with Crippen LogP contribution in [0.15, 0.2) is 24.3 Å². The molecule has 1 radical (unpaired) electrons. The SMILES string of the molecule is C[CH]CN(C)c1ccccc1C. The van der Waals surface area contributed by atoms with Gasteiger partial charge in [0.05, 0.1) is 0 Å². The third-order valence-electron chi connectivity index (χ3n) is 1.98. The average Bonchev–Trinajstić information content (AvgIpc) is 2.05. The molecule has 1 heteroatoms. The predicted molar refractivity (Wildman–Crippen MR) is 54.4 cm³/mol. The summed E-state index contributed by atoms with van der Waals surface area (Å²) in [4.78, 5) is 2.25. The Labute approximate surface area is 75.0 Å². The van der Waals surface area contributed by atoms with Crippen LogP contribution in [0.5, 0.6) is 0 Å². The van der Waals surface area contributed by atoms with E-state index in [9.17, 15) is 0 Å². The molecule has 1 aromatic rings. The molecule has 0 spiro atoms. The van der Waals surface area contributed by atoms with Crippen molar-refractivity contribution in [2.75, 3.05) is 18.5 Å². The first-order valence-electron chi connectivity index (χ1n) is 4.30. The molecular weight excluding hydrogens is 146 g/mol. The summed E-state index contributed by atoms with van der Waals surface area (Å²) in [7, 11) is 2.11. The molecule has 0 aliphatic carbocycles. The van der Waals surface area contributed by atoms with Crippen molar-refractivity contribution in [3.63, 3.8) is 0 Å². The molecule has 0 unspecified atom stereocenters. The number of nitrogens with zero attached hydrogens (tertiary/aromatic N) is 1. The third kappa shape index (κ3) is 2.00. The normalized spacial score (nSPS) is 9.92. The number of para-hydroxylation sites is 1. The molecule has 0 aromatic heterocycles. The summed E-state index contributed by atoms with van der Waals surface area (Å²) in [5.41, 5.74) is 2.65. The number of hydrogen-bond donors (Lipinski definition) is 0. The van der Waals surface area contributed by atoms with Crippen molar-refractivity contribution < 1.29 is 0 Å². The van der Waals surface area contributed by atoms with Crippen LogP contribution in [-0.4, -0.2) is 13.6 Å². The van der Waals surface area contributed by atoms with Crippen molar-refractivity contribution in [3.05, 3.63) is 36.2 Å². The fourth-order valence-electron chi connectivity index (χ4n) is 1.36. The van der Waals surface area contributed by atoms with Gasteiger partial charge >= 0.3 is 0 Å². The highest BCUT2D eigenvalue weighted by Crippen LogP contribution is 2.17. The van der Waals surface area contributed by atoms with Gasteiger partial charge in [0.2, 0.25) is 0 Å². The predicted octanol–water partition coefficient (Wildman–Crippen LogP) is 2.66. The van der Waals surface area contributed by atoms with Crippen molar-refractivity contribution >= 4 is 5.69 Å². The third-order valence-corrected chi connectivity index (χ3v) is 1.98. The highest BCUT2D eigenvalue weighted by molar-refractivity contribution is 5.52. The van der Waals surface area contributed by atoms with E-state index in [0.29, 0.717) is 0 Å². The lowest BCUT2D eigenvalue weighted by Gasteiger charge is -2.20. The molecule has 0 bridgehead atoms. The van der Waals surface area contributed by atoms with E-state index in [2.05, 4.69) is 56.5 Å². The highest BCUT2D eigenvalue weighted by Gasteiger charge is 2.00. The Morgan fingerprint density at radius 3 is 2.58 bits per heavy atom. The van der Waals surface area contributed by atoms with Gasteiger partial charge in [0.1, 0.15) is 0 Å². The zero-order valence-corrected chi connectivity index (χ0v) is 8.04. The fourth-order valence-corrected chi connectivity index (χ4v) is 1.36. The van der Waals surface area contributed by atoms with Crippen molar-refractivity contribution in [2.45, 2.75) is 13.8 Å². The molecule has 12 heavy (non-hydrogen) atoms. The Bertz CT molecular complexity index is 243. The van der Waals surface area contributed by atoms with Gasteiger partial charge in [-0.3, -0.25) is 0 Å². The van der Waals surface area contributed by atoms with Crippen LogP contribution in [0.1, 0.15) is 12.5 Å². The van der Waals surface area contributed by atoms with Crippen molar-refractivity contribution in [1.82, 2.24) is 0 Å². The minimum Gasteiger partial charge on any atom is -0.374 e. The Hall–Kier alpha value is -0.980. The van der Waals surface area contributed by atoms with E-state index >= 15 is 0 Å². The highest BCUT2D eigenvalue weighted by atomic mass is 15.1. The van der Waals surface area contributed by atoms with Crippen LogP contribution in [-0.2, 0) is 0 Å². The van der Waals surface area contributed by atoms with E-state index in [1.54, 1.807) is 0 Å². The molecule has 0 amide bonds. The molecule has 0 aliphatic rings. The first-order chi connectivity index (χ1) is 5.75. The molecule has 0 saturated carbocycles. The first-order valence-corrected chi connectivity index (χ1v) is 4.30. The number of aryl methyl sites for hydroxylation is 1. The van der Waals surface area contributed by atoms with Crippen LogP contribution < -0.4 is 4.90 Å². The van der Waals surface area contributed by atoms with Crippen molar-refractivity contribution in [1.29, 1.82) is 0 Å². The second-order valence-corrected chi connectivity index (χ2v) is 3.08. The number of rotatable bonds is 3. The number of hydrogen-bond acceptors (Lipinski definition) is 1. The van der Waals surface area contributed by atoms with Crippen molar-refractivity contribution in [3.8, 4) is 0 Å². The zero-order valence-electron chi connectivity index (χ0n) is 8.04. The summed E-state index contributed by atoms with van der Waals surface area (Å²) < 4.78 is 0. The largest absolute Gasteiger partial charge is 0.374 e. The van der Waals surface area contributed by atoms with E-state index < -0.39 is 0 Å². The van der Waals surface area contributed by atoms with E-state index in [0.717, 1.165) is 6.54 Å². The van der Waals surface area contributed by atoms with Crippen LogP contribution in [0, 0.1) is 13.3 Å². The van der Waals surface area contributed by atoms with Gasteiger partial charge in [-0.05, 0) is 25.0 Å². The van der Waals surface area contributed by atoms with Gasteiger partial charge in [0, 0.05) is 19.3 Å². The smallest absolute Gasteiger partial charge is 0.0393 e. The van der Waals surface area contributed by atoms with E-state index in [1.807, 2.05) is 0 Å². The van der Waals surface area contributed by atoms with E-state index in [-0.39, 0.29) is 0 Å². The maximum atomic E-state index is 2.25. The molecular formula is C11H16N. The zero-order chi connectivity index (χ0) is 8.97. The van der Waals surface area contributed by atoms with Crippen LogP contribution in [0.3, 0.4) is 0 Å².